The zero-order valence-electron chi connectivity index (χ0n) is 15.3. The molecule has 0 atom stereocenters. The molecule has 1 aliphatic rings. The van der Waals surface area contributed by atoms with Crippen LogP contribution in [0.5, 0.6) is 11.8 Å². The van der Waals surface area contributed by atoms with Gasteiger partial charge in [0.05, 0.1) is 11.1 Å². The Labute approximate surface area is 170 Å². The van der Waals surface area contributed by atoms with Crippen molar-refractivity contribution in [1.29, 1.82) is 0 Å². The van der Waals surface area contributed by atoms with Gasteiger partial charge in [-0.25, -0.2) is 4.57 Å². The summed E-state index contributed by atoms with van der Waals surface area (Å²) < 4.78 is 7.69. The average Bonchev–Trinajstić information content (AvgIpc) is 3.09. The van der Waals surface area contributed by atoms with Crippen molar-refractivity contribution in [3.05, 3.63) is 81.0 Å². The van der Waals surface area contributed by atoms with Crippen LogP contribution >= 0.6 is 23.1 Å². The smallest absolute Gasteiger partial charge is 0.310 e. The van der Waals surface area contributed by atoms with Crippen LogP contribution < -0.4 is 10.3 Å². The Balaban J connectivity index is 1.75. The van der Waals surface area contributed by atoms with E-state index in [0.717, 1.165) is 39.4 Å². The number of nitrogens with zero attached hydrogens (tertiary/aromatic N) is 2. The maximum absolute atomic E-state index is 13.6. The highest BCUT2D eigenvalue weighted by Gasteiger charge is 2.23. The van der Waals surface area contributed by atoms with E-state index in [0.29, 0.717) is 11.8 Å². The maximum atomic E-state index is 13.6. The molecule has 1 aliphatic heterocycles. The molecule has 0 N–H and O–H groups in total. The monoisotopic (exact) mass is 406 g/mol. The van der Waals surface area contributed by atoms with Crippen molar-refractivity contribution in [2.45, 2.75) is 19.1 Å². The first-order valence-corrected chi connectivity index (χ1v) is 11.1. The normalized spacial score (nSPS) is 13.5. The molecule has 4 nitrogen and oxygen atoms in total. The molecule has 2 aromatic heterocycles. The van der Waals surface area contributed by atoms with Crippen LogP contribution in [0, 0.1) is 6.92 Å². The van der Waals surface area contributed by atoms with Crippen molar-refractivity contribution in [1.82, 2.24) is 9.55 Å². The van der Waals surface area contributed by atoms with Crippen molar-refractivity contribution < 1.29 is 4.74 Å². The number of fused-ring (bicyclic) bond motifs is 3. The molecule has 0 radical (unpaired) electrons. The number of rotatable bonds is 3. The Kier molecular flexibility index (Phi) is 4.45. The number of thiophene rings is 1. The largest absolute Gasteiger partial charge is 0.425 e. The van der Waals surface area contributed by atoms with Crippen LogP contribution in [-0.4, -0.2) is 15.3 Å². The van der Waals surface area contributed by atoms with E-state index >= 15 is 0 Å². The molecule has 6 heteroatoms. The minimum absolute atomic E-state index is 0.0530. The summed E-state index contributed by atoms with van der Waals surface area (Å²) in [6.07, 6.45) is 0.921. The summed E-state index contributed by atoms with van der Waals surface area (Å²) in [5.41, 5.74) is 3.03. The summed E-state index contributed by atoms with van der Waals surface area (Å²) in [5.74, 6) is 2.67. The molecular weight excluding hydrogens is 388 g/mol. The number of hydrogen-bond acceptors (Lipinski definition) is 5. The first kappa shape index (κ1) is 17.5. The van der Waals surface area contributed by atoms with Gasteiger partial charge in [-0.1, -0.05) is 35.9 Å². The van der Waals surface area contributed by atoms with E-state index in [4.69, 9.17) is 9.72 Å². The second-order valence-corrected chi connectivity index (χ2v) is 8.96. The van der Waals surface area contributed by atoms with E-state index in [1.165, 1.54) is 10.4 Å². The van der Waals surface area contributed by atoms with Crippen LogP contribution in [-0.2, 0) is 12.2 Å². The van der Waals surface area contributed by atoms with Gasteiger partial charge in [-0.3, -0.25) is 4.79 Å². The van der Waals surface area contributed by atoms with Crippen LogP contribution in [0.25, 0.3) is 15.9 Å². The van der Waals surface area contributed by atoms with Crippen molar-refractivity contribution in [3.63, 3.8) is 0 Å². The van der Waals surface area contributed by atoms with Gasteiger partial charge in [-0.2, -0.15) is 16.7 Å². The standard InChI is InChI=1S/C22H18N2O2S2/c1-14-7-9-16(10-8-14)26-22-23-20-19(17-11-12-27-13-18(17)28-20)21(25)24(22)15-5-3-2-4-6-15/h2-10H,11-13H2,1H3. The molecule has 5 rings (SSSR count). The van der Waals surface area contributed by atoms with Gasteiger partial charge in [-0.05, 0) is 48.9 Å². The molecule has 28 heavy (non-hydrogen) atoms. The first-order chi connectivity index (χ1) is 13.7. The summed E-state index contributed by atoms with van der Waals surface area (Å²) in [5, 5.41) is 0.750. The van der Waals surface area contributed by atoms with Gasteiger partial charge >= 0.3 is 6.01 Å². The Morgan fingerprint density at radius 2 is 1.86 bits per heavy atom. The predicted octanol–water partition coefficient (Wildman–Crippen LogP) is 5.34. The first-order valence-electron chi connectivity index (χ1n) is 9.16. The minimum atomic E-state index is -0.0530. The number of benzene rings is 2. The van der Waals surface area contributed by atoms with Crippen LogP contribution in [0.15, 0.2) is 59.4 Å². The third kappa shape index (κ3) is 3.02. The second kappa shape index (κ2) is 7.11. The number of aryl methyl sites for hydroxylation is 2. The summed E-state index contributed by atoms with van der Waals surface area (Å²) in [4.78, 5) is 20.4. The second-order valence-electron chi connectivity index (χ2n) is 6.77. The van der Waals surface area contributed by atoms with Gasteiger partial charge < -0.3 is 4.74 Å². The highest BCUT2D eigenvalue weighted by Crippen LogP contribution is 2.37. The Bertz CT molecular complexity index is 1210. The van der Waals surface area contributed by atoms with E-state index in [1.54, 1.807) is 15.9 Å². The predicted molar refractivity (Wildman–Crippen MR) is 116 cm³/mol. The van der Waals surface area contributed by atoms with Crippen molar-refractivity contribution in [2.24, 2.45) is 0 Å². The third-order valence-electron chi connectivity index (χ3n) is 4.85. The Hall–Kier alpha value is -2.57. The van der Waals surface area contributed by atoms with Gasteiger partial charge in [0.2, 0.25) is 0 Å². The Morgan fingerprint density at radius 1 is 1.07 bits per heavy atom. The van der Waals surface area contributed by atoms with Crippen molar-refractivity contribution >= 4 is 33.3 Å². The number of aromatic nitrogens is 2. The van der Waals surface area contributed by atoms with Gasteiger partial charge in [0.25, 0.3) is 5.56 Å². The number of hydrogen-bond donors (Lipinski definition) is 0. The summed E-state index contributed by atoms with van der Waals surface area (Å²) in [7, 11) is 0. The molecule has 0 saturated carbocycles. The fraction of sp³-hybridized carbons (Fsp3) is 0.182. The highest BCUT2D eigenvalue weighted by molar-refractivity contribution is 7.98. The molecule has 2 aromatic carbocycles. The molecular formula is C22H18N2O2S2. The van der Waals surface area contributed by atoms with Gasteiger partial charge in [0, 0.05) is 10.6 Å². The fourth-order valence-corrected chi connectivity index (χ4v) is 5.77. The molecule has 0 fully saturated rings. The number of ether oxygens (including phenoxy) is 1. The topological polar surface area (TPSA) is 44.1 Å². The fourth-order valence-electron chi connectivity index (χ4n) is 3.44. The van der Waals surface area contributed by atoms with Gasteiger partial charge in [0.1, 0.15) is 10.6 Å². The highest BCUT2D eigenvalue weighted by atomic mass is 32.2. The van der Waals surface area contributed by atoms with E-state index in [9.17, 15) is 4.79 Å². The molecule has 3 heterocycles. The molecule has 4 aromatic rings. The lowest BCUT2D eigenvalue weighted by molar-refractivity contribution is 0.427. The van der Waals surface area contributed by atoms with Crippen LogP contribution in [0.4, 0.5) is 0 Å². The van der Waals surface area contributed by atoms with Gasteiger partial charge in [0.15, 0.2) is 0 Å². The average molecular weight is 407 g/mol. The lowest BCUT2D eigenvalue weighted by Crippen LogP contribution is -2.22. The lowest BCUT2D eigenvalue weighted by Gasteiger charge is -2.14. The molecule has 0 aliphatic carbocycles. The summed E-state index contributed by atoms with van der Waals surface area (Å²) >= 11 is 3.53. The summed E-state index contributed by atoms with van der Waals surface area (Å²) in [6.45, 7) is 2.03. The van der Waals surface area contributed by atoms with E-state index < -0.39 is 0 Å². The molecule has 0 amide bonds. The number of thioether (sulfide) groups is 1. The van der Waals surface area contributed by atoms with Crippen LogP contribution in [0.1, 0.15) is 16.0 Å². The van der Waals surface area contributed by atoms with Crippen LogP contribution in [0.2, 0.25) is 0 Å². The summed E-state index contributed by atoms with van der Waals surface area (Å²) in [6, 6.07) is 17.7. The lowest BCUT2D eigenvalue weighted by atomic mass is 10.1. The number of para-hydroxylation sites is 1. The van der Waals surface area contributed by atoms with Crippen molar-refractivity contribution in [2.75, 3.05) is 5.75 Å². The SMILES string of the molecule is Cc1ccc(Oc2nc3sc4c(c3c(=O)n2-c2ccccc2)CCSC4)cc1. The van der Waals surface area contributed by atoms with E-state index in [1.807, 2.05) is 73.3 Å². The van der Waals surface area contributed by atoms with E-state index in [-0.39, 0.29) is 5.56 Å². The zero-order chi connectivity index (χ0) is 19.1. The third-order valence-corrected chi connectivity index (χ3v) is 7.15. The maximum Gasteiger partial charge on any atom is 0.310 e. The van der Waals surface area contributed by atoms with Gasteiger partial charge in [-0.15, -0.1) is 11.3 Å². The minimum Gasteiger partial charge on any atom is -0.425 e. The van der Waals surface area contributed by atoms with E-state index in [2.05, 4.69) is 0 Å². The Morgan fingerprint density at radius 3 is 2.64 bits per heavy atom. The quantitative estimate of drug-likeness (QED) is 0.461. The molecule has 0 bridgehead atoms. The molecule has 0 unspecified atom stereocenters. The molecule has 0 spiro atoms. The van der Waals surface area contributed by atoms with Crippen LogP contribution in [0.3, 0.4) is 0 Å². The zero-order valence-corrected chi connectivity index (χ0v) is 17.0. The molecule has 140 valence electrons. The molecule has 0 saturated heterocycles. The van der Waals surface area contributed by atoms with Crippen molar-refractivity contribution in [3.8, 4) is 17.4 Å².